The summed E-state index contributed by atoms with van der Waals surface area (Å²) in [5.74, 6) is 0. The van der Waals surface area contributed by atoms with Crippen LogP contribution >= 0.6 is 35.4 Å². The number of thiocarbonyl (C=S) groups is 1. The van der Waals surface area contributed by atoms with Crippen molar-refractivity contribution >= 4 is 51.9 Å². The fraction of sp³-hybridized carbons (Fsp3) is 0.133. The van der Waals surface area contributed by atoms with Crippen molar-refractivity contribution in [2.45, 2.75) is 6.42 Å². The van der Waals surface area contributed by atoms with Crippen molar-refractivity contribution in [2.24, 2.45) is 0 Å². The molecule has 1 aliphatic heterocycles. The molecule has 2 aromatic rings. The second kappa shape index (κ2) is 5.60. The Morgan fingerprint density at radius 2 is 1.80 bits per heavy atom. The van der Waals surface area contributed by atoms with Crippen molar-refractivity contribution in [2.75, 3.05) is 16.8 Å². The zero-order chi connectivity index (χ0) is 14.1. The van der Waals surface area contributed by atoms with E-state index in [9.17, 15) is 0 Å². The maximum Gasteiger partial charge on any atom is 0.177 e. The van der Waals surface area contributed by atoms with Gasteiger partial charge in [-0.2, -0.15) is 0 Å². The summed E-state index contributed by atoms with van der Waals surface area (Å²) in [5.41, 5.74) is 3.29. The topological polar surface area (TPSA) is 15.3 Å². The van der Waals surface area contributed by atoms with Crippen LogP contribution in [0.15, 0.2) is 42.5 Å². The summed E-state index contributed by atoms with van der Waals surface area (Å²) in [4.78, 5) is 2.10. The summed E-state index contributed by atoms with van der Waals surface area (Å²) < 4.78 is 0. The molecule has 1 heterocycles. The van der Waals surface area contributed by atoms with Crippen LogP contribution in [0.3, 0.4) is 0 Å². The minimum absolute atomic E-state index is 0.588. The van der Waals surface area contributed by atoms with Gasteiger partial charge in [0, 0.05) is 28.0 Å². The predicted octanol–water partition coefficient (Wildman–Crippen LogP) is 4.75. The normalized spacial score (nSPS) is 13.2. The van der Waals surface area contributed by atoms with Gasteiger partial charge in [0.05, 0.1) is 0 Å². The number of nitrogens with zero attached hydrogens (tertiary/aromatic N) is 1. The first-order valence-corrected chi connectivity index (χ1v) is 7.42. The fourth-order valence-electron chi connectivity index (χ4n) is 2.37. The first kappa shape index (κ1) is 13.7. The molecule has 0 aromatic heterocycles. The lowest BCUT2D eigenvalue weighted by Gasteiger charge is -2.21. The van der Waals surface area contributed by atoms with E-state index in [1.165, 1.54) is 5.56 Å². The maximum atomic E-state index is 5.99. The van der Waals surface area contributed by atoms with Crippen LogP contribution in [-0.2, 0) is 6.42 Å². The summed E-state index contributed by atoms with van der Waals surface area (Å²) in [6, 6.07) is 13.6. The Morgan fingerprint density at radius 3 is 2.55 bits per heavy atom. The molecule has 5 heteroatoms. The highest BCUT2D eigenvalue weighted by atomic mass is 35.5. The Kier molecular flexibility index (Phi) is 3.83. The number of benzene rings is 2. The van der Waals surface area contributed by atoms with Crippen LogP contribution < -0.4 is 10.2 Å². The highest BCUT2D eigenvalue weighted by Crippen LogP contribution is 2.29. The number of rotatable bonds is 1. The third kappa shape index (κ3) is 2.75. The van der Waals surface area contributed by atoms with Gasteiger partial charge in [0.2, 0.25) is 0 Å². The van der Waals surface area contributed by atoms with Gasteiger partial charge in [-0.25, -0.2) is 0 Å². The average Bonchev–Trinajstić information content (AvgIpc) is 2.81. The van der Waals surface area contributed by atoms with Crippen LogP contribution in [0.5, 0.6) is 0 Å². The minimum atomic E-state index is 0.588. The lowest BCUT2D eigenvalue weighted by atomic mass is 10.2. The molecule has 0 unspecified atom stereocenters. The molecule has 0 amide bonds. The van der Waals surface area contributed by atoms with Gasteiger partial charge in [0.1, 0.15) is 0 Å². The summed E-state index contributed by atoms with van der Waals surface area (Å²) in [7, 11) is 0. The number of hydrogen-bond acceptors (Lipinski definition) is 1. The fourth-order valence-corrected chi connectivity index (χ4v) is 3.20. The molecule has 2 aromatic carbocycles. The Morgan fingerprint density at radius 1 is 1.10 bits per heavy atom. The first-order chi connectivity index (χ1) is 9.63. The number of hydrogen-bond donors (Lipinski definition) is 1. The maximum absolute atomic E-state index is 5.99. The molecule has 102 valence electrons. The number of fused-ring (bicyclic) bond motifs is 1. The van der Waals surface area contributed by atoms with Gasteiger partial charge in [-0.3, -0.25) is 0 Å². The SMILES string of the molecule is S=C(Nc1cc(Cl)cc(Cl)c1)N1CCc2ccccc21. The van der Waals surface area contributed by atoms with Crippen LogP contribution in [0.4, 0.5) is 11.4 Å². The summed E-state index contributed by atoms with van der Waals surface area (Å²) >= 11 is 17.5. The highest BCUT2D eigenvalue weighted by Gasteiger charge is 2.21. The molecule has 20 heavy (non-hydrogen) atoms. The van der Waals surface area contributed by atoms with Gasteiger partial charge >= 0.3 is 0 Å². The molecule has 1 N–H and O–H groups in total. The second-order valence-electron chi connectivity index (χ2n) is 4.62. The molecule has 3 rings (SSSR count). The van der Waals surface area contributed by atoms with Gasteiger partial charge < -0.3 is 10.2 Å². The van der Waals surface area contributed by atoms with E-state index in [0.717, 1.165) is 24.3 Å². The Balaban J connectivity index is 1.81. The lowest BCUT2D eigenvalue weighted by molar-refractivity contribution is 1.03. The summed E-state index contributed by atoms with van der Waals surface area (Å²) in [6.45, 7) is 0.888. The van der Waals surface area contributed by atoms with Gasteiger partial charge in [-0.05, 0) is 48.5 Å². The van der Waals surface area contributed by atoms with Crippen LogP contribution in [0.2, 0.25) is 10.0 Å². The first-order valence-electron chi connectivity index (χ1n) is 6.26. The molecule has 0 saturated heterocycles. The van der Waals surface area contributed by atoms with Crippen molar-refractivity contribution in [3.8, 4) is 0 Å². The Bertz CT molecular complexity index is 652. The van der Waals surface area contributed by atoms with Crippen LogP contribution in [0.25, 0.3) is 0 Å². The van der Waals surface area contributed by atoms with Crippen molar-refractivity contribution in [3.63, 3.8) is 0 Å². The van der Waals surface area contributed by atoms with Gasteiger partial charge in [-0.15, -0.1) is 0 Å². The van der Waals surface area contributed by atoms with Crippen LogP contribution in [0.1, 0.15) is 5.56 Å². The lowest BCUT2D eigenvalue weighted by Crippen LogP contribution is -2.33. The van der Waals surface area contributed by atoms with E-state index in [2.05, 4.69) is 28.4 Å². The van der Waals surface area contributed by atoms with Gasteiger partial charge in [0.15, 0.2) is 5.11 Å². The van der Waals surface area contributed by atoms with E-state index in [-0.39, 0.29) is 0 Å². The smallest absolute Gasteiger partial charge is 0.177 e. The van der Waals surface area contributed by atoms with E-state index in [1.54, 1.807) is 6.07 Å². The van der Waals surface area contributed by atoms with E-state index in [4.69, 9.17) is 35.4 Å². The molecule has 0 radical (unpaired) electrons. The monoisotopic (exact) mass is 322 g/mol. The Hall–Kier alpha value is -1.29. The van der Waals surface area contributed by atoms with E-state index < -0.39 is 0 Å². The molecule has 0 fully saturated rings. The van der Waals surface area contributed by atoms with E-state index >= 15 is 0 Å². The minimum Gasteiger partial charge on any atom is -0.332 e. The highest BCUT2D eigenvalue weighted by molar-refractivity contribution is 7.80. The summed E-state index contributed by atoms with van der Waals surface area (Å²) in [6.07, 6.45) is 1.01. The number of para-hydroxylation sites is 1. The molecule has 0 spiro atoms. The molecule has 0 saturated carbocycles. The van der Waals surface area contributed by atoms with Crippen LogP contribution in [0, 0.1) is 0 Å². The number of anilines is 2. The van der Waals surface area contributed by atoms with E-state index in [1.807, 2.05) is 18.2 Å². The predicted molar refractivity (Wildman–Crippen MR) is 90.2 cm³/mol. The van der Waals surface area contributed by atoms with Gasteiger partial charge in [0.25, 0.3) is 0 Å². The number of nitrogens with one attached hydrogen (secondary N) is 1. The molecule has 2 nitrogen and oxygen atoms in total. The quantitative estimate of drug-likeness (QED) is 0.762. The molecule has 1 aliphatic rings. The standard InChI is InChI=1S/C15H12Cl2N2S/c16-11-7-12(17)9-13(8-11)18-15(20)19-6-5-10-3-1-2-4-14(10)19/h1-4,7-9H,5-6H2,(H,18,20). The third-order valence-electron chi connectivity index (χ3n) is 3.25. The zero-order valence-corrected chi connectivity index (χ0v) is 12.9. The molecular weight excluding hydrogens is 311 g/mol. The summed E-state index contributed by atoms with van der Waals surface area (Å²) in [5, 5.41) is 5.03. The molecule has 0 bridgehead atoms. The zero-order valence-electron chi connectivity index (χ0n) is 10.6. The van der Waals surface area contributed by atoms with Gasteiger partial charge in [-0.1, -0.05) is 41.4 Å². The van der Waals surface area contributed by atoms with Crippen LogP contribution in [-0.4, -0.2) is 11.7 Å². The van der Waals surface area contributed by atoms with Crippen molar-refractivity contribution in [1.82, 2.24) is 0 Å². The average molecular weight is 323 g/mol. The number of halogens is 2. The van der Waals surface area contributed by atoms with Crippen molar-refractivity contribution < 1.29 is 0 Å². The Labute approximate surface area is 133 Å². The molecule has 0 aliphatic carbocycles. The largest absolute Gasteiger partial charge is 0.332 e. The molecular formula is C15H12Cl2N2S. The second-order valence-corrected chi connectivity index (χ2v) is 5.88. The van der Waals surface area contributed by atoms with E-state index in [0.29, 0.717) is 15.2 Å². The van der Waals surface area contributed by atoms with Crippen molar-refractivity contribution in [1.29, 1.82) is 0 Å². The molecule has 0 atom stereocenters. The third-order valence-corrected chi connectivity index (χ3v) is 4.01. The van der Waals surface area contributed by atoms with Crippen molar-refractivity contribution in [3.05, 3.63) is 58.1 Å².